The van der Waals surface area contributed by atoms with Crippen LogP contribution in [0, 0.1) is 5.82 Å². The summed E-state index contributed by atoms with van der Waals surface area (Å²) in [6, 6.07) is 0.0952. The van der Waals surface area contributed by atoms with Crippen molar-refractivity contribution in [2.45, 2.75) is 12.5 Å². The van der Waals surface area contributed by atoms with E-state index >= 15 is 0 Å². The second-order valence-corrected chi connectivity index (χ2v) is 4.19. The van der Waals surface area contributed by atoms with Crippen LogP contribution in [0.4, 0.5) is 4.39 Å². The number of methoxy groups -OCH3 is 1. The van der Waals surface area contributed by atoms with E-state index in [1.807, 2.05) is 0 Å². The molecule has 0 heterocycles. The van der Waals surface area contributed by atoms with Gasteiger partial charge in [-0.05, 0) is 6.07 Å². The molecule has 0 amide bonds. The fraction of sp³-hybridized carbons (Fsp3) is 0.300. The number of aromatic hydroxyl groups is 1. The number of carboxylic acid groups (broad SMARTS) is 1. The molecular formula is C10H11BrFNO4. The van der Waals surface area contributed by atoms with Crippen molar-refractivity contribution >= 4 is 21.9 Å². The average Bonchev–Trinajstić information content (AvgIpc) is 2.21. The summed E-state index contributed by atoms with van der Waals surface area (Å²) in [5, 5.41) is 18.1. The Morgan fingerprint density at radius 2 is 2.29 bits per heavy atom. The van der Waals surface area contributed by atoms with Crippen LogP contribution in [0.5, 0.6) is 11.5 Å². The summed E-state index contributed by atoms with van der Waals surface area (Å²) in [6.07, 6.45) is -0.361. The zero-order chi connectivity index (χ0) is 13.2. The summed E-state index contributed by atoms with van der Waals surface area (Å²) in [6.45, 7) is 0. The molecule has 0 spiro atoms. The molecule has 0 aromatic heterocycles. The van der Waals surface area contributed by atoms with Crippen LogP contribution >= 0.6 is 15.9 Å². The number of aliphatic carboxylic acids is 1. The molecule has 5 nitrogen and oxygen atoms in total. The highest BCUT2D eigenvalue weighted by atomic mass is 79.9. The van der Waals surface area contributed by atoms with Gasteiger partial charge in [-0.1, -0.05) is 15.9 Å². The maximum atomic E-state index is 13.2. The van der Waals surface area contributed by atoms with E-state index in [2.05, 4.69) is 15.9 Å². The van der Waals surface area contributed by atoms with Crippen LogP contribution in [-0.2, 0) is 4.79 Å². The van der Waals surface area contributed by atoms with Crippen molar-refractivity contribution in [3.8, 4) is 11.5 Å². The Labute approximate surface area is 105 Å². The number of ether oxygens (including phenoxy) is 1. The minimum Gasteiger partial charge on any atom is -0.502 e. The van der Waals surface area contributed by atoms with Gasteiger partial charge in [-0.2, -0.15) is 0 Å². The number of nitrogens with two attached hydrogens (primary N) is 1. The van der Waals surface area contributed by atoms with E-state index < -0.39 is 23.6 Å². The van der Waals surface area contributed by atoms with E-state index in [9.17, 15) is 14.3 Å². The number of benzene rings is 1. The standard InChI is InChI=1S/C10H11BrFNO4/c1-17-10-8(6(13)3-7(14)15)4(11)2-5(12)9(10)16/h2,6,16H,3,13H2,1H3,(H,14,15). The molecule has 0 radical (unpaired) electrons. The number of hydrogen-bond donors (Lipinski definition) is 3. The number of carbonyl (C=O) groups is 1. The minimum absolute atomic E-state index is 0.161. The molecule has 4 N–H and O–H groups in total. The Balaban J connectivity index is 3.31. The van der Waals surface area contributed by atoms with Crippen molar-refractivity contribution in [1.29, 1.82) is 0 Å². The monoisotopic (exact) mass is 307 g/mol. The number of hydrogen-bond acceptors (Lipinski definition) is 4. The Bertz CT molecular complexity index is 452. The number of phenolic OH excluding ortho intramolecular Hbond substituents is 1. The van der Waals surface area contributed by atoms with Crippen molar-refractivity contribution < 1.29 is 24.1 Å². The van der Waals surface area contributed by atoms with Gasteiger partial charge < -0.3 is 20.7 Å². The topological polar surface area (TPSA) is 92.8 Å². The van der Waals surface area contributed by atoms with Crippen LogP contribution in [0.1, 0.15) is 18.0 Å². The van der Waals surface area contributed by atoms with Crippen molar-refractivity contribution in [2.75, 3.05) is 7.11 Å². The Hall–Kier alpha value is -1.34. The van der Waals surface area contributed by atoms with Gasteiger partial charge in [-0.3, -0.25) is 4.79 Å². The highest BCUT2D eigenvalue weighted by molar-refractivity contribution is 9.10. The van der Waals surface area contributed by atoms with E-state index in [1.54, 1.807) is 0 Å². The van der Waals surface area contributed by atoms with Gasteiger partial charge in [-0.25, -0.2) is 4.39 Å². The molecule has 0 saturated carbocycles. The van der Waals surface area contributed by atoms with Gasteiger partial charge in [0.05, 0.1) is 13.5 Å². The van der Waals surface area contributed by atoms with Crippen LogP contribution in [0.25, 0.3) is 0 Å². The first-order valence-corrected chi connectivity index (χ1v) is 5.40. The Kier molecular flexibility index (Phi) is 4.30. The zero-order valence-corrected chi connectivity index (χ0v) is 10.5. The number of halogens is 2. The lowest BCUT2D eigenvalue weighted by Gasteiger charge is -2.17. The lowest BCUT2D eigenvalue weighted by molar-refractivity contribution is -0.137. The van der Waals surface area contributed by atoms with Gasteiger partial charge in [-0.15, -0.1) is 0 Å². The molecule has 1 rings (SSSR count). The fourth-order valence-electron chi connectivity index (χ4n) is 1.44. The molecule has 1 unspecified atom stereocenters. The molecule has 0 bridgehead atoms. The van der Waals surface area contributed by atoms with Crippen LogP contribution in [0.15, 0.2) is 10.5 Å². The lowest BCUT2D eigenvalue weighted by Crippen LogP contribution is -2.16. The molecule has 0 aliphatic heterocycles. The SMILES string of the molecule is COc1c(O)c(F)cc(Br)c1C(N)CC(=O)O. The summed E-state index contributed by atoms with van der Waals surface area (Å²) in [5.74, 6) is -2.83. The summed E-state index contributed by atoms with van der Waals surface area (Å²) < 4.78 is 18.3. The molecule has 1 aromatic rings. The molecule has 7 heteroatoms. The number of rotatable bonds is 4. The summed E-state index contributed by atoms with van der Waals surface area (Å²) >= 11 is 3.06. The second kappa shape index (κ2) is 5.33. The first-order valence-electron chi connectivity index (χ1n) is 4.60. The molecular weight excluding hydrogens is 297 g/mol. The van der Waals surface area contributed by atoms with Crippen LogP contribution in [0.2, 0.25) is 0 Å². The minimum atomic E-state index is -1.10. The zero-order valence-electron chi connectivity index (χ0n) is 8.91. The first-order chi connectivity index (χ1) is 7.88. The molecule has 0 aliphatic rings. The van der Waals surface area contributed by atoms with Crippen molar-refractivity contribution in [1.82, 2.24) is 0 Å². The Morgan fingerprint density at radius 3 is 2.76 bits per heavy atom. The summed E-state index contributed by atoms with van der Waals surface area (Å²) in [7, 11) is 1.23. The maximum Gasteiger partial charge on any atom is 0.305 e. The van der Waals surface area contributed by atoms with Gasteiger partial charge in [0.2, 0.25) is 0 Å². The highest BCUT2D eigenvalue weighted by Crippen LogP contribution is 2.41. The third-order valence-electron chi connectivity index (χ3n) is 2.17. The van der Waals surface area contributed by atoms with E-state index in [4.69, 9.17) is 15.6 Å². The molecule has 17 heavy (non-hydrogen) atoms. The fourth-order valence-corrected chi connectivity index (χ4v) is 2.12. The van der Waals surface area contributed by atoms with Gasteiger partial charge in [0.1, 0.15) is 0 Å². The maximum absolute atomic E-state index is 13.2. The predicted molar refractivity (Wildman–Crippen MR) is 61.5 cm³/mol. The largest absolute Gasteiger partial charge is 0.502 e. The molecule has 0 aliphatic carbocycles. The van der Waals surface area contributed by atoms with Gasteiger partial charge >= 0.3 is 5.97 Å². The van der Waals surface area contributed by atoms with Crippen LogP contribution in [-0.4, -0.2) is 23.3 Å². The quantitative estimate of drug-likeness (QED) is 0.788. The molecule has 0 fully saturated rings. The highest BCUT2D eigenvalue weighted by Gasteiger charge is 2.23. The Morgan fingerprint density at radius 1 is 1.71 bits per heavy atom. The van der Waals surface area contributed by atoms with Crippen molar-refractivity contribution in [3.63, 3.8) is 0 Å². The van der Waals surface area contributed by atoms with E-state index in [-0.39, 0.29) is 22.2 Å². The third kappa shape index (κ3) is 2.86. The number of carboxylic acids is 1. The van der Waals surface area contributed by atoms with E-state index in [0.29, 0.717) is 0 Å². The lowest BCUT2D eigenvalue weighted by atomic mass is 10.0. The summed E-state index contributed by atoms with van der Waals surface area (Å²) in [5.41, 5.74) is 5.88. The number of phenols is 1. The normalized spacial score (nSPS) is 12.2. The van der Waals surface area contributed by atoms with Gasteiger partial charge in [0, 0.05) is 16.1 Å². The second-order valence-electron chi connectivity index (χ2n) is 3.34. The van der Waals surface area contributed by atoms with Crippen molar-refractivity contribution in [3.05, 3.63) is 21.9 Å². The predicted octanol–water partition coefficient (Wildman–Crippen LogP) is 1.78. The third-order valence-corrected chi connectivity index (χ3v) is 2.82. The van der Waals surface area contributed by atoms with Gasteiger partial charge in [0.25, 0.3) is 0 Å². The van der Waals surface area contributed by atoms with Crippen LogP contribution in [0.3, 0.4) is 0 Å². The molecule has 1 aromatic carbocycles. The van der Waals surface area contributed by atoms with Crippen molar-refractivity contribution in [2.24, 2.45) is 5.73 Å². The van der Waals surface area contributed by atoms with Crippen LogP contribution < -0.4 is 10.5 Å². The van der Waals surface area contributed by atoms with Gasteiger partial charge in [0.15, 0.2) is 17.3 Å². The molecule has 94 valence electrons. The molecule has 0 saturated heterocycles. The average molecular weight is 308 g/mol. The molecule has 1 atom stereocenters. The summed E-state index contributed by atoms with van der Waals surface area (Å²) in [4.78, 5) is 10.6. The smallest absolute Gasteiger partial charge is 0.305 e. The first kappa shape index (κ1) is 13.7. The van der Waals surface area contributed by atoms with E-state index in [1.165, 1.54) is 7.11 Å². The van der Waals surface area contributed by atoms with E-state index in [0.717, 1.165) is 6.07 Å².